The molecular weight excluding hydrogens is 437 g/mol. The fraction of sp³-hybridized carbons (Fsp3) is 0.261. The zero-order chi connectivity index (χ0) is 23.3. The summed E-state index contributed by atoms with van der Waals surface area (Å²) in [6, 6.07) is 9.19. The number of methoxy groups -OCH3 is 1. The van der Waals surface area contributed by atoms with Crippen LogP contribution in [0.3, 0.4) is 0 Å². The summed E-state index contributed by atoms with van der Waals surface area (Å²) < 4.78 is 51.4. The maximum absolute atomic E-state index is 12.9. The standard InChI is InChI=1S/C23H19F3N4O3/c1-29-10-18(27-28-29)13-3-4-16-17(11-33-19(16)8-13)15-7-14-5-6-30(12-23(24,25)26)22(31)21(14)20(9-15)32-2/h3-4,7-11H,5-6,12H2,1-2H3. The summed E-state index contributed by atoms with van der Waals surface area (Å²) in [5.41, 5.74) is 4.60. The average molecular weight is 456 g/mol. The number of amides is 1. The van der Waals surface area contributed by atoms with Gasteiger partial charge in [-0.1, -0.05) is 11.3 Å². The van der Waals surface area contributed by atoms with Crippen molar-refractivity contribution < 1.29 is 27.1 Å². The summed E-state index contributed by atoms with van der Waals surface area (Å²) >= 11 is 0. The number of carbonyl (C=O) groups is 1. The number of carbonyl (C=O) groups excluding carboxylic acids is 1. The zero-order valence-electron chi connectivity index (χ0n) is 17.8. The van der Waals surface area contributed by atoms with Crippen LogP contribution in [0.4, 0.5) is 13.2 Å². The minimum atomic E-state index is -4.46. The third-order valence-corrected chi connectivity index (χ3v) is 5.71. The van der Waals surface area contributed by atoms with Crippen LogP contribution in [0, 0.1) is 0 Å². The molecule has 0 fully saturated rings. The highest BCUT2D eigenvalue weighted by Crippen LogP contribution is 2.38. The lowest BCUT2D eigenvalue weighted by atomic mass is 9.92. The maximum atomic E-state index is 12.9. The van der Waals surface area contributed by atoms with Crippen molar-refractivity contribution in [2.75, 3.05) is 20.2 Å². The molecular formula is C23H19F3N4O3. The van der Waals surface area contributed by atoms with Gasteiger partial charge in [0.05, 0.1) is 25.1 Å². The van der Waals surface area contributed by atoms with E-state index in [9.17, 15) is 18.0 Å². The molecule has 1 aliphatic heterocycles. The lowest BCUT2D eigenvalue weighted by Crippen LogP contribution is -2.43. The van der Waals surface area contributed by atoms with Crippen molar-refractivity contribution >= 4 is 16.9 Å². The van der Waals surface area contributed by atoms with E-state index >= 15 is 0 Å². The Kier molecular flexibility index (Phi) is 4.88. The fourth-order valence-electron chi connectivity index (χ4n) is 4.20. The lowest BCUT2D eigenvalue weighted by molar-refractivity contribution is -0.141. The molecule has 170 valence electrons. The molecule has 0 radical (unpaired) electrons. The first-order valence-corrected chi connectivity index (χ1v) is 10.2. The van der Waals surface area contributed by atoms with Gasteiger partial charge in [-0.05, 0) is 41.8 Å². The molecule has 0 bridgehead atoms. The number of rotatable bonds is 4. The minimum Gasteiger partial charge on any atom is -0.496 e. The van der Waals surface area contributed by atoms with Crippen LogP contribution in [0.1, 0.15) is 15.9 Å². The van der Waals surface area contributed by atoms with Crippen molar-refractivity contribution in [2.24, 2.45) is 7.05 Å². The molecule has 1 aliphatic rings. The molecule has 7 nitrogen and oxygen atoms in total. The normalized spacial score (nSPS) is 14.1. The summed E-state index contributed by atoms with van der Waals surface area (Å²) in [5.74, 6) is -0.437. The zero-order valence-corrected chi connectivity index (χ0v) is 17.8. The number of hydrogen-bond donors (Lipinski definition) is 0. The van der Waals surface area contributed by atoms with Crippen molar-refractivity contribution in [3.05, 3.63) is 53.9 Å². The van der Waals surface area contributed by atoms with E-state index in [0.29, 0.717) is 17.6 Å². The molecule has 0 saturated carbocycles. The molecule has 2 aromatic carbocycles. The molecule has 4 aromatic rings. The van der Waals surface area contributed by atoms with E-state index in [4.69, 9.17) is 9.15 Å². The number of alkyl halides is 3. The fourth-order valence-corrected chi connectivity index (χ4v) is 4.20. The summed E-state index contributed by atoms with van der Waals surface area (Å²) in [6.45, 7) is -1.29. The molecule has 3 heterocycles. The van der Waals surface area contributed by atoms with Crippen LogP contribution >= 0.6 is 0 Å². The van der Waals surface area contributed by atoms with E-state index in [1.807, 2.05) is 24.3 Å². The van der Waals surface area contributed by atoms with Crippen molar-refractivity contribution in [2.45, 2.75) is 12.6 Å². The van der Waals surface area contributed by atoms with Gasteiger partial charge in [0.1, 0.15) is 23.6 Å². The smallest absolute Gasteiger partial charge is 0.406 e. The summed E-state index contributed by atoms with van der Waals surface area (Å²) in [5, 5.41) is 8.91. The monoisotopic (exact) mass is 456 g/mol. The predicted molar refractivity (Wildman–Crippen MR) is 114 cm³/mol. The molecule has 0 spiro atoms. The quantitative estimate of drug-likeness (QED) is 0.453. The summed E-state index contributed by atoms with van der Waals surface area (Å²) in [6.07, 6.45) is -0.737. The Balaban J connectivity index is 1.54. The van der Waals surface area contributed by atoms with Gasteiger partial charge >= 0.3 is 6.18 Å². The molecule has 2 aromatic heterocycles. The summed E-state index contributed by atoms with van der Waals surface area (Å²) in [7, 11) is 3.19. The van der Waals surface area contributed by atoms with Crippen LogP contribution < -0.4 is 4.74 Å². The molecule has 5 rings (SSSR count). The molecule has 33 heavy (non-hydrogen) atoms. The number of furan rings is 1. The van der Waals surface area contributed by atoms with Crippen LogP contribution in [0.2, 0.25) is 0 Å². The number of ether oxygens (including phenoxy) is 1. The van der Waals surface area contributed by atoms with E-state index in [1.54, 1.807) is 30.3 Å². The number of hydrogen-bond acceptors (Lipinski definition) is 5. The van der Waals surface area contributed by atoms with Crippen LogP contribution in [0.25, 0.3) is 33.4 Å². The Hall–Kier alpha value is -3.82. The topological polar surface area (TPSA) is 73.4 Å². The highest BCUT2D eigenvalue weighted by molar-refractivity contribution is 6.02. The second-order valence-corrected chi connectivity index (χ2v) is 7.94. The molecule has 0 atom stereocenters. The molecule has 10 heteroatoms. The van der Waals surface area contributed by atoms with Crippen LogP contribution in [0.5, 0.6) is 5.75 Å². The van der Waals surface area contributed by atoms with Gasteiger partial charge in [0, 0.05) is 30.1 Å². The number of benzene rings is 2. The Labute approximate surface area is 186 Å². The predicted octanol–water partition coefficient (Wildman–Crippen LogP) is 4.46. The number of fused-ring (bicyclic) bond motifs is 2. The SMILES string of the molecule is COc1cc(-c2coc3cc(-c4cn(C)nn4)ccc23)cc2c1C(=O)N(CC(F)(F)F)CC2. The van der Waals surface area contributed by atoms with E-state index in [0.717, 1.165) is 32.7 Å². The molecule has 0 saturated heterocycles. The average Bonchev–Trinajstić information content (AvgIpc) is 3.40. The number of nitrogens with zero attached hydrogens (tertiary/aromatic N) is 4. The van der Waals surface area contributed by atoms with E-state index < -0.39 is 18.6 Å². The third kappa shape index (κ3) is 3.81. The van der Waals surface area contributed by atoms with Crippen molar-refractivity contribution in [3.63, 3.8) is 0 Å². The largest absolute Gasteiger partial charge is 0.496 e. The van der Waals surface area contributed by atoms with Gasteiger partial charge in [-0.3, -0.25) is 9.48 Å². The highest BCUT2D eigenvalue weighted by atomic mass is 19.4. The van der Waals surface area contributed by atoms with Gasteiger partial charge in [0.15, 0.2) is 0 Å². The molecule has 0 unspecified atom stereocenters. The lowest BCUT2D eigenvalue weighted by Gasteiger charge is -2.30. The Morgan fingerprint density at radius 2 is 2.00 bits per heavy atom. The first-order chi connectivity index (χ1) is 15.7. The van der Waals surface area contributed by atoms with Gasteiger partial charge in [-0.25, -0.2) is 0 Å². The minimum absolute atomic E-state index is 0.00838. The maximum Gasteiger partial charge on any atom is 0.406 e. The van der Waals surface area contributed by atoms with Crippen LogP contribution in [-0.2, 0) is 13.5 Å². The molecule has 0 N–H and O–H groups in total. The molecule has 0 aliphatic carbocycles. The Morgan fingerprint density at radius 3 is 2.70 bits per heavy atom. The van der Waals surface area contributed by atoms with E-state index in [1.165, 1.54) is 7.11 Å². The van der Waals surface area contributed by atoms with Gasteiger partial charge in [-0.15, -0.1) is 5.10 Å². The van der Waals surface area contributed by atoms with Crippen molar-refractivity contribution in [1.82, 2.24) is 19.9 Å². The first-order valence-electron chi connectivity index (χ1n) is 10.2. The Bertz CT molecular complexity index is 1360. The van der Waals surface area contributed by atoms with Crippen molar-refractivity contribution in [3.8, 4) is 28.1 Å². The summed E-state index contributed by atoms with van der Waals surface area (Å²) in [4.78, 5) is 13.6. The second-order valence-electron chi connectivity index (χ2n) is 7.94. The third-order valence-electron chi connectivity index (χ3n) is 5.71. The van der Waals surface area contributed by atoms with Gasteiger partial charge in [0.25, 0.3) is 5.91 Å². The second kappa shape index (κ2) is 7.65. The number of aromatic nitrogens is 3. The first kappa shape index (κ1) is 21.0. The van der Waals surface area contributed by atoms with Gasteiger partial charge in [0.2, 0.25) is 0 Å². The van der Waals surface area contributed by atoms with Crippen LogP contribution in [-0.4, -0.2) is 52.2 Å². The van der Waals surface area contributed by atoms with Crippen molar-refractivity contribution in [1.29, 1.82) is 0 Å². The van der Waals surface area contributed by atoms with E-state index in [-0.39, 0.29) is 17.9 Å². The van der Waals surface area contributed by atoms with E-state index in [2.05, 4.69) is 10.3 Å². The van der Waals surface area contributed by atoms with Gasteiger partial charge in [-0.2, -0.15) is 13.2 Å². The molecule has 1 amide bonds. The number of halogens is 3. The van der Waals surface area contributed by atoms with Crippen LogP contribution in [0.15, 0.2) is 47.2 Å². The van der Waals surface area contributed by atoms with Gasteiger partial charge < -0.3 is 14.1 Å². The Morgan fingerprint density at radius 1 is 1.18 bits per heavy atom. The highest BCUT2D eigenvalue weighted by Gasteiger charge is 2.37. The number of aryl methyl sites for hydroxylation is 1.